The van der Waals surface area contributed by atoms with Crippen LogP contribution in [0.4, 0.5) is 0 Å². The van der Waals surface area contributed by atoms with Crippen molar-refractivity contribution < 1.29 is 4.79 Å². The van der Waals surface area contributed by atoms with Crippen LogP contribution in [0.2, 0.25) is 0 Å². The lowest BCUT2D eigenvalue weighted by Gasteiger charge is -2.38. The van der Waals surface area contributed by atoms with Gasteiger partial charge in [-0.15, -0.1) is 0 Å². The van der Waals surface area contributed by atoms with E-state index in [1.165, 1.54) is 18.0 Å². The molecule has 0 aliphatic carbocycles. The number of carbonyl (C=O) groups is 1. The Bertz CT molecular complexity index is 326. The van der Waals surface area contributed by atoms with E-state index in [1.807, 2.05) is 4.90 Å². The summed E-state index contributed by atoms with van der Waals surface area (Å²) in [7, 11) is 0. The van der Waals surface area contributed by atoms with Gasteiger partial charge in [0.2, 0.25) is 0 Å². The van der Waals surface area contributed by atoms with Gasteiger partial charge in [-0.2, -0.15) is 0 Å². The van der Waals surface area contributed by atoms with Crippen LogP contribution in [0.5, 0.6) is 0 Å². The third kappa shape index (κ3) is 2.04. The van der Waals surface area contributed by atoms with Gasteiger partial charge in [0.25, 0.3) is 5.91 Å². The number of carbonyl (C=O) groups excluding carboxylic acids is 1. The smallest absolute Gasteiger partial charge is 0.266 e. The van der Waals surface area contributed by atoms with E-state index < -0.39 is 0 Å². The predicted octanol–water partition coefficient (Wildman–Crippen LogP) is 2.55. The van der Waals surface area contributed by atoms with Gasteiger partial charge >= 0.3 is 0 Å². The average molecular weight is 224 g/mol. The molecule has 1 amide bonds. The minimum absolute atomic E-state index is 0.150. The first-order valence-corrected chi connectivity index (χ1v) is 6.21. The number of amides is 1. The Hall–Kier alpha value is -0.900. The zero-order valence-electron chi connectivity index (χ0n) is 9.14. The van der Waals surface area contributed by atoms with Crippen molar-refractivity contribution in [2.24, 2.45) is 0 Å². The van der Waals surface area contributed by atoms with Crippen molar-refractivity contribution >= 4 is 17.4 Å². The van der Waals surface area contributed by atoms with E-state index in [1.54, 1.807) is 12.3 Å². The molecule has 0 spiro atoms. The molecule has 2 atom stereocenters. The van der Waals surface area contributed by atoms with Crippen molar-refractivity contribution in [2.45, 2.75) is 45.2 Å². The first-order chi connectivity index (χ1) is 7.20. The summed E-state index contributed by atoms with van der Waals surface area (Å²) in [6.45, 7) is 4.27. The van der Waals surface area contributed by atoms with Crippen LogP contribution in [-0.4, -0.2) is 27.3 Å². The van der Waals surface area contributed by atoms with E-state index in [-0.39, 0.29) is 5.91 Å². The molecule has 1 saturated heterocycles. The Morgan fingerprint density at radius 3 is 2.67 bits per heavy atom. The van der Waals surface area contributed by atoms with Crippen molar-refractivity contribution in [2.75, 3.05) is 0 Å². The number of hydrogen-bond donors (Lipinski definition) is 0. The van der Waals surface area contributed by atoms with E-state index >= 15 is 0 Å². The average Bonchev–Trinajstić information content (AvgIpc) is 2.69. The normalized spacial score (nSPS) is 26.7. The maximum absolute atomic E-state index is 12.2. The van der Waals surface area contributed by atoms with Crippen LogP contribution in [-0.2, 0) is 0 Å². The second kappa shape index (κ2) is 4.31. The summed E-state index contributed by atoms with van der Waals surface area (Å²) in [4.78, 5) is 14.9. The van der Waals surface area contributed by atoms with Gasteiger partial charge in [-0.1, -0.05) is 0 Å². The summed E-state index contributed by atoms with van der Waals surface area (Å²) in [5.41, 5.74) is 0. The molecule has 0 bridgehead atoms. The van der Waals surface area contributed by atoms with Crippen LogP contribution in [0.3, 0.4) is 0 Å². The summed E-state index contributed by atoms with van der Waals surface area (Å²) < 4.78 is 3.98. The summed E-state index contributed by atoms with van der Waals surface area (Å²) in [6, 6.07) is 2.54. The molecule has 4 heteroatoms. The van der Waals surface area contributed by atoms with Crippen molar-refractivity contribution in [3.8, 4) is 0 Å². The third-order valence-electron chi connectivity index (χ3n) is 3.08. The van der Waals surface area contributed by atoms with Crippen LogP contribution in [0, 0.1) is 0 Å². The summed E-state index contributed by atoms with van der Waals surface area (Å²) >= 11 is 1.29. The molecule has 0 aromatic carbocycles. The first-order valence-electron chi connectivity index (χ1n) is 5.43. The molecule has 3 nitrogen and oxygen atoms in total. The van der Waals surface area contributed by atoms with Crippen molar-refractivity contribution in [1.82, 2.24) is 9.27 Å². The molecular weight excluding hydrogens is 208 g/mol. The highest BCUT2D eigenvalue weighted by Gasteiger charge is 2.30. The highest BCUT2D eigenvalue weighted by molar-refractivity contribution is 7.08. The summed E-state index contributed by atoms with van der Waals surface area (Å²) in [6.07, 6.45) is 5.16. The quantitative estimate of drug-likeness (QED) is 0.734. The maximum Gasteiger partial charge on any atom is 0.266 e. The van der Waals surface area contributed by atoms with E-state index in [9.17, 15) is 4.79 Å². The van der Waals surface area contributed by atoms with E-state index in [2.05, 4.69) is 18.2 Å². The SMILES string of the molecule is CC1CCCC(C)N1C(=O)c1ccns1. The molecule has 1 aromatic rings. The van der Waals surface area contributed by atoms with Gasteiger partial charge in [0, 0.05) is 18.3 Å². The fourth-order valence-electron chi connectivity index (χ4n) is 2.27. The standard InChI is InChI=1S/C11H16N2OS/c1-8-4-3-5-9(2)13(8)11(14)10-6-7-12-15-10/h6-9H,3-5H2,1-2H3. The number of aromatic nitrogens is 1. The Labute approximate surface area is 94.3 Å². The zero-order valence-corrected chi connectivity index (χ0v) is 9.96. The van der Waals surface area contributed by atoms with Gasteiger partial charge in [-0.3, -0.25) is 4.79 Å². The molecule has 0 saturated carbocycles. The van der Waals surface area contributed by atoms with Gasteiger partial charge in [0.05, 0.1) is 0 Å². The highest BCUT2D eigenvalue weighted by atomic mass is 32.1. The highest BCUT2D eigenvalue weighted by Crippen LogP contribution is 2.25. The van der Waals surface area contributed by atoms with Gasteiger partial charge in [-0.05, 0) is 50.7 Å². The Morgan fingerprint density at radius 1 is 1.47 bits per heavy atom. The molecule has 0 radical (unpaired) electrons. The largest absolute Gasteiger partial charge is 0.332 e. The van der Waals surface area contributed by atoms with Crippen molar-refractivity contribution in [3.05, 3.63) is 17.1 Å². The maximum atomic E-state index is 12.2. The second-order valence-electron chi connectivity index (χ2n) is 4.22. The van der Waals surface area contributed by atoms with Crippen LogP contribution in [0.15, 0.2) is 12.3 Å². The van der Waals surface area contributed by atoms with Crippen molar-refractivity contribution in [3.63, 3.8) is 0 Å². The third-order valence-corrected chi connectivity index (χ3v) is 3.81. The molecule has 0 N–H and O–H groups in total. The topological polar surface area (TPSA) is 33.2 Å². The summed E-state index contributed by atoms with van der Waals surface area (Å²) in [5, 5.41) is 0. The Balaban J connectivity index is 2.17. The molecule has 82 valence electrons. The minimum atomic E-state index is 0.150. The van der Waals surface area contributed by atoms with Crippen LogP contribution in [0.1, 0.15) is 42.8 Å². The number of hydrogen-bond acceptors (Lipinski definition) is 3. The van der Waals surface area contributed by atoms with Crippen LogP contribution < -0.4 is 0 Å². The monoisotopic (exact) mass is 224 g/mol. The molecule has 2 rings (SSSR count). The molecule has 2 heterocycles. The van der Waals surface area contributed by atoms with Crippen molar-refractivity contribution in [1.29, 1.82) is 0 Å². The molecular formula is C11H16N2OS. The Morgan fingerprint density at radius 2 is 2.13 bits per heavy atom. The van der Waals surface area contributed by atoms with E-state index in [0.29, 0.717) is 12.1 Å². The number of nitrogens with zero attached hydrogens (tertiary/aromatic N) is 2. The predicted molar refractivity (Wildman–Crippen MR) is 61.1 cm³/mol. The molecule has 1 fully saturated rings. The molecule has 15 heavy (non-hydrogen) atoms. The van der Waals surface area contributed by atoms with Gasteiger partial charge in [-0.25, -0.2) is 4.37 Å². The molecule has 2 unspecified atom stereocenters. The van der Waals surface area contributed by atoms with Crippen LogP contribution in [0.25, 0.3) is 0 Å². The lowest BCUT2D eigenvalue weighted by molar-refractivity contribution is 0.0516. The molecule has 1 aliphatic rings. The van der Waals surface area contributed by atoms with Crippen LogP contribution >= 0.6 is 11.5 Å². The molecule has 1 aromatic heterocycles. The number of piperidine rings is 1. The first kappa shape index (κ1) is 10.6. The molecule has 1 aliphatic heterocycles. The summed E-state index contributed by atoms with van der Waals surface area (Å²) in [5.74, 6) is 0.150. The second-order valence-corrected chi connectivity index (χ2v) is 5.05. The Kier molecular flexibility index (Phi) is 3.05. The zero-order chi connectivity index (χ0) is 10.8. The minimum Gasteiger partial charge on any atom is -0.332 e. The van der Waals surface area contributed by atoms with Gasteiger partial charge in [0.1, 0.15) is 4.88 Å². The van der Waals surface area contributed by atoms with Gasteiger partial charge < -0.3 is 4.90 Å². The fourth-order valence-corrected chi connectivity index (χ4v) is 2.82. The lowest BCUT2D eigenvalue weighted by Crippen LogP contribution is -2.47. The van der Waals surface area contributed by atoms with Gasteiger partial charge in [0.15, 0.2) is 0 Å². The van der Waals surface area contributed by atoms with E-state index in [0.717, 1.165) is 17.7 Å². The lowest BCUT2D eigenvalue weighted by atomic mass is 9.97. The number of likely N-dealkylation sites (tertiary alicyclic amines) is 1. The fraction of sp³-hybridized carbons (Fsp3) is 0.636. The number of rotatable bonds is 1. The van der Waals surface area contributed by atoms with E-state index in [4.69, 9.17) is 0 Å².